The van der Waals surface area contributed by atoms with Gasteiger partial charge in [-0.3, -0.25) is 9.88 Å². The summed E-state index contributed by atoms with van der Waals surface area (Å²) in [6.45, 7) is 7.68. The Hall–Kier alpha value is -0.970. The molecule has 0 saturated carbocycles. The topological polar surface area (TPSA) is 51.4 Å². The Balaban J connectivity index is 2.11. The molecule has 2 heterocycles. The van der Waals surface area contributed by atoms with E-state index in [0.29, 0.717) is 12.6 Å². The van der Waals surface area contributed by atoms with Gasteiger partial charge in [-0.25, -0.2) is 0 Å². The van der Waals surface area contributed by atoms with E-state index in [4.69, 9.17) is 10.5 Å². The number of aryl methyl sites for hydroxylation is 1. The molecule has 4 nitrogen and oxygen atoms in total. The molecule has 2 atom stereocenters. The first kappa shape index (κ1) is 14.4. The van der Waals surface area contributed by atoms with Gasteiger partial charge < -0.3 is 10.5 Å². The number of likely N-dealkylation sites (tertiary alicyclic amines) is 1. The van der Waals surface area contributed by atoms with Crippen molar-refractivity contribution in [3.8, 4) is 0 Å². The number of hydrogen-bond donors (Lipinski definition) is 1. The first-order valence-corrected chi connectivity index (χ1v) is 7.22. The summed E-state index contributed by atoms with van der Waals surface area (Å²) < 4.78 is 5.78. The maximum absolute atomic E-state index is 6.01. The van der Waals surface area contributed by atoms with Gasteiger partial charge in [-0.05, 0) is 50.4 Å². The summed E-state index contributed by atoms with van der Waals surface area (Å²) in [6.07, 6.45) is 6.49. The minimum Gasteiger partial charge on any atom is -0.377 e. The van der Waals surface area contributed by atoms with Crippen LogP contribution >= 0.6 is 0 Å². The Morgan fingerprint density at radius 1 is 1.58 bits per heavy atom. The maximum atomic E-state index is 6.01. The van der Waals surface area contributed by atoms with Gasteiger partial charge in [0.1, 0.15) is 0 Å². The van der Waals surface area contributed by atoms with E-state index >= 15 is 0 Å². The molecule has 4 heteroatoms. The molecule has 1 aliphatic rings. The molecule has 1 fully saturated rings. The van der Waals surface area contributed by atoms with Crippen molar-refractivity contribution < 1.29 is 4.74 Å². The normalized spacial score (nSPS) is 22.4. The molecule has 0 aliphatic carbocycles. The number of nitrogens with two attached hydrogens (primary N) is 1. The molecule has 106 valence electrons. The minimum atomic E-state index is 0.261. The molecule has 1 aromatic rings. The average Bonchev–Trinajstić information content (AvgIpc) is 2.43. The van der Waals surface area contributed by atoms with Crippen molar-refractivity contribution in [1.29, 1.82) is 0 Å². The summed E-state index contributed by atoms with van der Waals surface area (Å²) >= 11 is 0. The van der Waals surface area contributed by atoms with Crippen molar-refractivity contribution in [2.75, 3.05) is 26.2 Å². The van der Waals surface area contributed by atoms with Crippen LogP contribution < -0.4 is 5.73 Å². The average molecular weight is 263 g/mol. The zero-order valence-electron chi connectivity index (χ0n) is 12.0. The van der Waals surface area contributed by atoms with Crippen LogP contribution in [0.25, 0.3) is 0 Å². The lowest BCUT2D eigenvalue weighted by molar-refractivity contribution is -0.00671. The van der Waals surface area contributed by atoms with Gasteiger partial charge in [0.05, 0.1) is 6.10 Å². The third-order valence-electron chi connectivity index (χ3n) is 3.91. The molecule has 1 saturated heterocycles. The van der Waals surface area contributed by atoms with Crippen molar-refractivity contribution >= 4 is 0 Å². The molecular formula is C15H25N3O. The van der Waals surface area contributed by atoms with Gasteiger partial charge in [0.25, 0.3) is 0 Å². The van der Waals surface area contributed by atoms with Gasteiger partial charge in [-0.2, -0.15) is 0 Å². The minimum absolute atomic E-state index is 0.261. The molecule has 2 N–H and O–H groups in total. The van der Waals surface area contributed by atoms with E-state index in [1.165, 1.54) is 17.5 Å². The summed E-state index contributed by atoms with van der Waals surface area (Å²) in [7, 11) is 0. The molecule has 0 bridgehead atoms. The zero-order valence-corrected chi connectivity index (χ0v) is 12.0. The van der Waals surface area contributed by atoms with E-state index < -0.39 is 0 Å². The summed E-state index contributed by atoms with van der Waals surface area (Å²) in [5.74, 6) is 0. The van der Waals surface area contributed by atoms with Gasteiger partial charge in [-0.15, -0.1) is 0 Å². The van der Waals surface area contributed by atoms with Crippen molar-refractivity contribution in [3.05, 3.63) is 29.6 Å². The Morgan fingerprint density at radius 3 is 3.11 bits per heavy atom. The van der Waals surface area contributed by atoms with Crippen LogP contribution in [0.4, 0.5) is 0 Å². The van der Waals surface area contributed by atoms with Crippen LogP contribution in [0.5, 0.6) is 0 Å². The van der Waals surface area contributed by atoms with Gasteiger partial charge in [0.15, 0.2) is 0 Å². The number of piperidine rings is 1. The van der Waals surface area contributed by atoms with Crippen LogP contribution in [0.15, 0.2) is 18.5 Å². The van der Waals surface area contributed by atoms with Crippen molar-refractivity contribution in [2.45, 2.75) is 38.8 Å². The van der Waals surface area contributed by atoms with Gasteiger partial charge in [-0.1, -0.05) is 0 Å². The van der Waals surface area contributed by atoms with Gasteiger partial charge in [0, 0.05) is 38.1 Å². The molecular weight excluding hydrogens is 238 g/mol. The SMILES string of the molecule is CCOC1CCCN(C(CN)c2cnccc2C)C1. The summed E-state index contributed by atoms with van der Waals surface area (Å²) in [5, 5.41) is 0. The molecule has 0 spiro atoms. The highest BCUT2D eigenvalue weighted by Crippen LogP contribution is 2.26. The molecule has 19 heavy (non-hydrogen) atoms. The van der Waals surface area contributed by atoms with Crippen molar-refractivity contribution in [2.24, 2.45) is 5.73 Å². The Kier molecular flexibility index (Phi) is 5.31. The fourth-order valence-corrected chi connectivity index (χ4v) is 2.92. The molecule has 2 unspecified atom stereocenters. The molecule has 1 aromatic heterocycles. The molecule has 0 aromatic carbocycles. The van der Waals surface area contributed by atoms with Crippen LogP contribution in [0, 0.1) is 6.92 Å². The van der Waals surface area contributed by atoms with Crippen LogP contribution in [0.2, 0.25) is 0 Å². The molecule has 1 aliphatic heterocycles. The first-order chi connectivity index (χ1) is 9.26. The number of pyridine rings is 1. The van der Waals surface area contributed by atoms with Crippen LogP contribution in [-0.4, -0.2) is 42.2 Å². The molecule has 2 rings (SSSR count). The lowest BCUT2D eigenvalue weighted by atomic mass is 9.99. The quantitative estimate of drug-likeness (QED) is 0.881. The van der Waals surface area contributed by atoms with Crippen LogP contribution in [0.3, 0.4) is 0 Å². The maximum Gasteiger partial charge on any atom is 0.0702 e. The lowest BCUT2D eigenvalue weighted by Gasteiger charge is -2.38. The number of nitrogens with zero attached hydrogens (tertiary/aromatic N) is 2. The largest absolute Gasteiger partial charge is 0.377 e. The third-order valence-corrected chi connectivity index (χ3v) is 3.91. The fraction of sp³-hybridized carbons (Fsp3) is 0.667. The second-order valence-electron chi connectivity index (χ2n) is 5.20. The van der Waals surface area contributed by atoms with Crippen LogP contribution in [-0.2, 0) is 4.74 Å². The molecule has 0 amide bonds. The van der Waals surface area contributed by atoms with E-state index in [1.807, 2.05) is 12.4 Å². The van der Waals surface area contributed by atoms with Crippen molar-refractivity contribution in [1.82, 2.24) is 9.88 Å². The predicted octanol–water partition coefficient (Wildman–Crippen LogP) is 1.89. The monoisotopic (exact) mass is 263 g/mol. The fourth-order valence-electron chi connectivity index (χ4n) is 2.92. The Morgan fingerprint density at radius 2 is 2.42 bits per heavy atom. The standard InChI is InChI=1S/C15H25N3O/c1-3-19-13-5-4-8-18(11-13)15(9-16)14-10-17-7-6-12(14)2/h6-7,10,13,15H,3-5,8-9,11,16H2,1-2H3. The number of aromatic nitrogens is 1. The van der Waals surface area contributed by atoms with E-state index in [9.17, 15) is 0 Å². The van der Waals surface area contributed by atoms with Crippen molar-refractivity contribution in [3.63, 3.8) is 0 Å². The van der Waals surface area contributed by atoms with E-state index in [-0.39, 0.29) is 6.04 Å². The van der Waals surface area contributed by atoms with Gasteiger partial charge >= 0.3 is 0 Å². The smallest absolute Gasteiger partial charge is 0.0702 e. The van der Waals surface area contributed by atoms with E-state index in [0.717, 1.165) is 26.1 Å². The summed E-state index contributed by atoms with van der Waals surface area (Å²) in [4.78, 5) is 6.70. The van der Waals surface area contributed by atoms with Crippen LogP contribution in [0.1, 0.15) is 36.9 Å². The highest BCUT2D eigenvalue weighted by molar-refractivity contribution is 5.25. The first-order valence-electron chi connectivity index (χ1n) is 7.22. The summed E-state index contributed by atoms with van der Waals surface area (Å²) in [5.41, 5.74) is 8.53. The highest BCUT2D eigenvalue weighted by atomic mass is 16.5. The second kappa shape index (κ2) is 6.98. The second-order valence-corrected chi connectivity index (χ2v) is 5.20. The lowest BCUT2D eigenvalue weighted by Crippen LogP contribution is -2.44. The van der Waals surface area contributed by atoms with E-state index in [1.54, 1.807) is 0 Å². The predicted molar refractivity (Wildman–Crippen MR) is 77.0 cm³/mol. The number of ether oxygens (including phenoxy) is 1. The summed E-state index contributed by atoms with van der Waals surface area (Å²) in [6, 6.07) is 2.32. The number of rotatable bonds is 5. The zero-order chi connectivity index (χ0) is 13.7. The third kappa shape index (κ3) is 3.53. The van der Waals surface area contributed by atoms with Gasteiger partial charge in [0.2, 0.25) is 0 Å². The Bertz CT molecular complexity index is 395. The highest BCUT2D eigenvalue weighted by Gasteiger charge is 2.27. The molecule has 0 radical (unpaired) electrons. The van der Waals surface area contributed by atoms with E-state index in [2.05, 4.69) is 29.8 Å². The number of hydrogen-bond acceptors (Lipinski definition) is 4. The Labute approximate surface area is 116 Å².